The number of rotatable bonds is 6. The van der Waals surface area contributed by atoms with Crippen LogP contribution in [0, 0.1) is 6.92 Å². The van der Waals surface area contributed by atoms with Crippen LogP contribution in [0.3, 0.4) is 0 Å². The molecule has 25 heavy (non-hydrogen) atoms. The van der Waals surface area contributed by atoms with Crippen LogP contribution in [0.2, 0.25) is 0 Å². The number of aryl methyl sites for hydroxylation is 1. The molecular formula is C22H21NOS. The van der Waals surface area contributed by atoms with Crippen LogP contribution < -0.4 is 5.32 Å². The molecule has 1 amide bonds. The lowest BCUT2D eigenvalue weighted by Gasteiger charge is -2.20. The SMILES string of the molecule is Cc1ccc([C@@H](NC(=O)CSc2ccccc2)c2ccccc2)cc1. The van der Waals surface area contributed by atoms with E-state index in [1.165, 1.54) is 5.56 Å². The number of thioether (sulfide) groups is 1. The molecule has 0 fully saturated rings. The number of nitrogens with one attached hydrogen (secondary N) is 1. The van der Waals surface area contributed by atoms with Crippen LogP contribution in [-0.4, -0.2) is 11.7 Å². The topological polar surface area (TPSA) is 29.1 Å². The van der Waals surface area contributed by atoms with Crippen LogP contribution in [0.15, 0.2) is 89.8 Å². The Morgan fingerprint density at radius 1 is 0.840 bits per heavy atom. The van der Waals surface area contributed by atoms with Gasteiger partial charge in [-0.2, -0.15) is 0 Å². The minimum absolute atomic E-state index is 0.0308. The Kier molecular flexibility index (Phi) is 5.91. The summed E-state index contributed by atoms with van der Waals surface area (Å²) >= 11 is 1.55. The van der Waals surface area contributed by atoms with E-state index in [1.54, 1.807) is 11.8 Å². The lowest BCUT2D eigenvalue weighted by atomic mass is 9.98. The van der Waals surface area contributed by atoms with E-state index >= 15 is 0 Å². The van der Waals surface area contributed by atoms with E-state index in [9.17, 15) is 4.79 Å². The molecule has 3 aromatic rings. The molecule has 1 N–H and O–H groups in total. The van der Waals surface area contributed by atoms with Crippen LogP contribution in [0.4, 0.5) is 0 Å². The number of carbonyl (C=O) groups excluding carboxylic acids is 1. The van der Waals surface area contributed by atoms with Crippen molar-refractivity contribution in [3.8, 4) is 0 Å². The summed E-state index contributed by atoms with van der Waals surface area (Å²) in [5, 5.41) is 3.18. The predicted octanol–water partition coefficient (Wildman–Crippen LogP) is 4.99. The van der Waals surface area contributed by atoms with Crippen molar-refractivity contribution in [1.82, 2.24) is 5.32 Å². The van der Waals surface area contributed by atoms with Gasteiger partial charge in [-0.15, -0.1) is 11.8 Å². The van der Waals surface area contributed by atoms with E-state index in [-0.39, 0.29) is 11.9 Å². The first-order valence-corrected chi connectivity index (χ1v) is 9.29. The van der Waals surface area contributed by atoms with Crippen molar-refractivity contribution < 1.29 is 4.79 Å². The highest BCUT2D eigenvalue weighted by atomic mass is 32.2. The normalized spacial score (nSPS) is 11.7. The number of hydrogen-bond donors (Lipinski definition) is 1. The highest BCUT2D eigenvalue weighted by Gasteiger charge is 2.16. The molecule has 3 aromatic carbocycles. The molecule has 3 rings (SSSR count). The first-order chi connectivity index (χ1) is 12.2. The van der Waals surface area contributed by atoms with E-state index in [0.29, 0.717) is 5.75 Å². The molecule has 0 bridgehead atoms. The highest BCUT2D eigenvalue weighted by molar-refractivity contribution is 8.00. The van der Waals surface area contributed by atoms with Crippen molar-refractivity contribution in [2.45, 2.75) is 17.9 Å². The summed E-state index contributed by atoms with van der Waals surface area (Å²) < 4.78 is 0. The number of hydrogen-bond acceptors (Lipinski definition) is 2. The highest BCUT2D eigenvalue weighted by Crippen LogP contribution is 2.23. The van der Waals surface area contributed by atoms with Crippen molar-refractivity contribution in [2.24, 2.45) is 0 Å². The maximum atomic E-state index is 12.5. The van der Waals surface area contributed by atoms with E-state index in [4.69, 9.17) is 0 Å². The van der Waals surface area contributed by atoms with Crippen LogP contribution in [0.25, 0.3) is 0 Å². The molecule has 3 heteroatoms. The van der Waals surface area contributed by atoms with Gasteiger partial charge in [0.15, 0.2) is 0 Å². The lowest BCUT2D eigenvalue weighted by molar-refractivity contribution is -0.119. The van der Waals surface area contributed by atoms with Gasteiger partial charge in [-0.1, -0.05) is 78.4 Å². The summed E-state index contributed by atoms with van der Waals surface area (Å²) in [6, 6.07) is 28.3. The average Bonchev–Trinajstić information content (AvgIpc) is 2.67. The van der Waals surface area contributed by atoms with Crippen molar-refractivity contribution in [1.29, 1.82) is 0 Å². The molecular weight excluding hydrogens is 326 g/mol. The fraction of sp³-hybridized carbons (Fsp3) is 0.136. The zero-order chi connectivity index (χ0) is 17.5. The van der Waals surface area contributed by atoms with Crippen LogP contribution >= 0.6 is 11.8 Å². The second-order valence-corrected chi connectivity index (χ2v) is 6.97. The molecule has 126 valence electrons. The van der Waals surface area contributed by atoms with Gasteiger partial charge in [0.2, 0.25) is 5.91 Å². The quantitative estimate of drug-likeness (QED) is 0.636. The molecule has 0 radical (unpaired) electrons. The molecule has 2 nitrogen and oxygen atoms in total. The van der Waals surface area contributed by atoms with Gasteiger partial charge >= 0.3 is 0 Å². The Morgan fingerprint density at radius 3 is 2.04 bits per heavy atom. The largest absolute Gasteiger partial charge is 0.344 e. The Morgan fingerprint density at radius 2 is 1.40 bits per heavy atom. The third kappa shape index (κ3) is 4.97. The van der Waals surface area contributed by atoms with Crippen molar-refractivity contribution >= 4 is 17.7 Å². The molecule has 0 spiro atoms. The number of benzene rings is 3. The van der Waals surface area contributed by atoms with E-state index in [2.05, 4.69) is 48.6 Å². The molecule has 0 saturated heterocycles. The van der Waals surface area contributed by atoms with Gasteiger partial charge in [-0.3, -0.25) is 4.79 Å². The molecule has 0 aliphatic heterocycles. The molecule has 1 atom stereocenters. The van der Waals surface area contributed by atoms with Gasteiger partial charge in [0.05, 0.1) is 11.8 Å². The Bertz CT molecular complexity index is 800. The zero-order valence-corrected chi connectivity index (χ0v) is 15.0. The van der Waals surface area contributed by atoms with Crippen LogP contribution in [-0.2, 0) is 4.79 Å². The first kappa shape index (κ1) is 17.3. The Labute approximate surface area is 153 Å². The smallest absolute Gasteiger partial charge is 0.231 e. The van der Waals surface area contributed by atoms with Crippen LogP contribution in [0.5, 0.6) is 0 Å². The first-order valence-electron chi connectivity index (χ1n) is 8.31. The second-order valence-electron chi connectivity index (χ2n) is 5.92. The minimum atomic E-state index is -0.134. The summed E-state index contributed by atoms with van der Waals surface area (Å²) in [7, 11) is 0. The van der Waals surface area contributed by atoms with Gasteiger partial charge < -0.3 is 5.32 Å². The van der Waals surface area contributed by atoms with Crippen LogP contribution in [0.1, 0.15) is 22.7 Å². The fourth-order valence-corrected chi connectivity index (χ4v) is 3.36. The lowest BCUT2D eigenvalue weighted by Crippen LogP contribution is -2.30. The van der Waals surface area contributed by atoms with Crippen molar-refractivity contribution in [3.63, 3.8) is 0 Å². The van der Waals surface area contributed by atoms with E-state index in [1.807, 2.05) is 48.5 Å². The second kappa shape index (κ2) is 8.54. The third-order valence-electron chi connectivity index (χ3n) is 3.96. The van der Waals surface area contributed by atoms with Crippen molar-refractivity contribution in [2.75, 3.05) is 5.75 Å². The maximum absolute atomic E-state index is 12.5. The molecule has 0 unspecified atom stereocenters. The third-order valence-corrected chi connectivity index (χ3v) is 4.97. The predicted molar refractivity (Wildman–Crippen MR) is 105 cm³/mol. The maximum Gasteiger partial charge on any atom is 0.231 e. The summed E-state index contributed by atoms with van der Waals surface area (Å²) in [6.07, 6.45) is 0. The standard InChI is InChI=1S/C22H21NOS/c1-17-12-14-19(15-13-17)22(18-8-4-2-5-9-18)23-21(24)16-25-20-10-6-3-7-11-20/h2-15,22H,16H2,1H3,(H,23,24)/t22-/m0/s1. The van der Waals surface area contributed by atoms with Gasteiger partial charge in [0.1, 0.15) is 0 Å². The zero-order valence-electron chi connectivity index (χ0n) is 14.2. The van der Waals surface area contributed by atoms with Gasteiger partial charge in [-0.25, -0.2) is 0 Å². The minimum Gasteiger partial charge on any atom is -0.344 e. The summed E-state index contributed by atoms with van der Waals surface area (Å²) in [5.74, 6) is 0.433. The summed E-state index contributed by atoms with van der Waals surface area (Å²) in [6.45, 7) is 2.07. The molecule has 0 aliphatic carbocycles. The van der Waals surface area contributed by atoms with E-state index < -0.39 is 0 Å². The molecule has 0 aliphatic rings. The van der Waals surface area contributed by atoms with Gasteiger partial charge in [0, 0.05) is 4.90 Å². The molecule has 0 aromatic heterocycles. The number of amides is 1. The van der Waals surface area contributed by atoms with Crippen molar-refractivity contribution in [3.05, 3.63) is 102 Å². The fourth-order valence-electron chi connectivity index (χ4n) is 2.63. The Hall–Kier alpha value is -2.52. The average molecular weight is 347 g/mol. The van der Waals surface area contributed by atoms with E-state index in [0.717, 1.165) is 16.0 Å². The Balaban J connectivity index is 1.73. The monoisotopic (exact) mass is 347 g/mol. The molecule has 0 saturated carbocycles. The summed E-state index contributed by atoms with van der Waals surface area (Å²) in [5.41, 5.74) is 3.39. The molecule has 0 heterocycles. The van der Waals surface area contributed by atoms with Gasteiger partial charge in [0.25, 0.3) is 0 Å². The summed E-state index contributed by atoms with van der Waals surface area (Å²) in [4.78, 5) is 13.6. The van der Waals surface area contributed by atoms with Gasteiger partial charge in [-0.05, 0) is 30.2 Å². The number of carbonyl (C=O) groups is 1.